The van der Waals surface area contributed by atoms with Crippen molar-refractivity contribution in [1.82, 2.24) is 4.90 Å². The first-order valence-electron chi connectivity index (χ1n) is 9.10. The molecule has 0 radical (unpaired) electrons. The summed E-state index contributed by atoms with van der Waals surface area (Å²) in [5, 5.41) is 5.49. The second-order valence-corrected chi connectivity index (χ2v) is 6.30. The number of ether oxygens (including phenoxy) is 2. The van der Waals surface area contributed by atoms with E-state index in [-0.39, 0.29) is 24.9 Å². The summed E-state index contributed by atoms with van der Waals surface area (Å²) in [5.74, 6) is -0.283. The predicted octanol–water partition coefficient (Wildman–Crippen LogP) is 2.38. The van der Waals surface area contributed by atoms with Gasteiger partial charge in [0.2, 0.25) is 11.8 Å². The van der Waals surface area contributed by atoms with Gasteiger partial charge in [-0.3, -0.25) is 14.5 Å². The van der Waals surface area contributed by atoms with Crippen molar-refractivity contribution in [3.63, 3.8) is 0 Å². The van der Waals surface area contributed by atoms with Gasteiger partial charge in [0.15, 0.2) is 0 Å². The molecule has 0 aliphatic carbocycles. The van der Waals surface area contributed by atoms with E-state index in [9.17, 15) is 14.4 Å². The van der Waals surface area contributed by atoms with Gasteiger partial charge < -0.3 is 20.1 Å². The molecule has 2 rings (SSSR count). The van der Waals surface area contributed by atoms with E-state index in [0.29, 0.717) is 29.3 Å². The minimum atomic E-state index is -0.410. The van der Waals surface area contributed by atoms with Gasteiger partial charge in [0.25, 0.3) is 0 Å². The minimum Gasteiger partial charge on any atom is -0.497 e. The second kappa shape index (κ2) is 10.8. The molecule has 29 heavy (non-hydrogen) atoms. The third-order valence-electron chi connectivity index (χ3n) is 3.86. The third kappa shape index (κ3) is 7.27. The third-order valence-corrected chi connectivity index (χ3v) is 3.86. The number of rotatable bonds is 9. The quantitative estimate of drug-likeness (QED) is 0.629. The number of esters is 1. The van der Waals surface area contributed by atoms with Crippen LogP contribution in [0.3, 0.4) is 0 Å². The van der Waals surface area contributed by atoms with Crippen molar-refractivity contribution in [1.29, 1.82) is 0 Å². The van der Waals surface area contributed by atoms with Gasteiger partial charge in [0.1, 0.15) is 5.75 Å². The van der Waals surface area contributed by atoms with Crippen molar-refractivity contribution < 1.29 is 23.9 Å². The molecule has 154 valence electrons. The zero-order valence-corrected chi connectivity index (χ0v) is 16.7. The van der Waals surface area contributed by atoms with Gasteiger partial charge in [0, 0.05) is 17.4 Å². The normalized spacial score (nSPS) is 10.3. The van der Waals surface area contributed by atoms with Crippen molar-refractivity contribution in [3.05, 3.63) is 54.1 Å². The molecule has 0 saturated heterocycles. The van der Waals surface area contributed by atoms with Crippen molar-refractivity contribution in [2.24, 2.45) is 0 Å². The molecule has 0 bridgehead atoms. The average Bonchev–Trinajstić information content (AvgIpc) is 2.68. The maximum atomic E-state index is 12.2. The van der Waals surface area contributed by atoms with E-state index in [1.165, 1.54) is 0 Å². The van der Waals surface area contributed by atoms with E-state index < -0.39 is 5.97 Å². The Morgan fingerprint density at radius 1 is 0.931 bits per heavy atom. The van der Waals surface area contributed by atoms with Crippen molar-refractivity contribution in [3.8, 4) is 5.75 Å². The average molecular weight is 399 g/mol. The lowest BCUT2D eigenvalue weighted by molar-refractivity contribution is -0.119. The molecule has 0 saturated carbocycles. The highest BCUT2D eigenvalue weighted by Crippen LogP contribution is 2.16. The van der Waals surface area contributed by atoms with Crippen LogP contribution in [-0.4, -0.2) is 56.5 Å². The number of hydrogen-bond donors (Lipinski definition) is 2. The number of carbonyl (C=O) groups is 3. The number of anilines is 2. The Morgan fingerprint density at radius 2 is 1.55 bits per heavy atom. The van der Waals surface area contributed by atoms with Crippen molar-refractivity contribution in [2.45, 2.75) is 6.92 Å². The molecule has 8 nitrogen and oxygen atoms in total. The molecular weight excluding hydrogens is 374 g/mol. The predicted molar refractivity (Wildman–Crippen MR) is 110 cm³/mol. The summed E-state index contributed by atoms with van der Waals surface area (Å²) in [6, 6.07) is 13.4. The maximum absolute atomic E-state index is 12.2. The van der Waals surface area contributed by atoms with Gasteiger partial charge in [-0.2, -0.15) is 0 Å². The zero-order chi connectivity index (χ0) is 21.2. The van der Waals surface area contributed by atoms with Crippen LogP contribution in [0.25, 0.3) is 0 Å². The smallest absolute Gasteiger partial charge is 0.338 e. The molecule has 0 aliphatic heterocycles. The van der Waals surface area contributed by atoms with Gasteiger partial charge in [-0.1, -0.05) is 6.07 Å². The van der Waals surface area contributed by atoms with E-state index in [1.807, 2.05) is 0 Å². The SMILES string of the molecule is CCOC(=O)c1ccc(NC(=O)CN(C)CC(=O)Nc2cccc(OC)c2)cc1. The van der Waals surface area contributed by atoms with Crippen LogP contribution in [0.5, 0.6) is 5.75 Å². The fourth-order valence-corrected chi connectivity index (χ4v) is 2.55. The van der Waals surface area contributed by atoms with Crippen LogP contribution in [-0.2, 0) is 14.3 Å². The van der Waals surface area contributed by atoms with Crippen LogP contribution in [0.1, 0.15) is 17.3 Å². The highest BCUT2D eigenvalue weighted by Gasteiger charge is 2.12. The van der Waals surface area contributed by atoms with Crippen LogP contribution < -0.4 is 15.4 Å². The Labute approximate surface area is 169 Å². The van der Waals surface area contributed by atoms with E-state index in [1.54, 1.807) is 74.5 Å². The molecule has 2 amide bonds. The van der Waals surface area contributed by atoms with E-state index in [4.69, 9.17) is 9.47 Å². The number of hydrogen-bond acceptors (Lipinski definition) is 6. The molecule has 0 aromatic heterocycles. The highest BCUT2D eigenvalue weighted by molar-refractivity contribution is 5.95. The molecular formula is C21H25N3O5. The first-order chi connectivity index (χ1) is 13.9. The Bertz CT molecular complexity index is 852. The van der Waals surface area contributed by atoms with Gasteiger partial charge in [0.05, 0.1) is 32.4 Å². The Hall–Kier alpha value is -3.39. The summed E-state index contributed by atoms with van der Waals surface area (Å²) in [7, 11) is 3.23. The van der Waals surface area contributed by atoms with Gasteiger partial charge in [-0.25, -0.2) is 4.79 Å². The molecule has 8 heteroatoms. The van der Waals surface area contributed by atoms with Crippen LogP contribution in [0.15, 0.2) is 48.5 Å². The summed E-state index contributed by atoms with van der Waals surface area (Å²) in [4.78, 5) is 37.5. The minimum absolute atomic E-state index is 0.0329. The van der Waals surface area contributed by atoms with Crippen LogP contribution in [0, 0.1) is 0 Å². The molecule has 0 fully saturated rings. The Kier molecular flexibility index (Phi) is 8.17. The lowest BCUT2D eigenvalue weighted by Crippen LogP contribution is -2.36. The summed E-state index contributed by atoms with van der Waals surface area (Å²) in [6.07, 6.45) is 0. The lowest BCUT2D eigenvalue weighted by atomic mass is 10.2. The summed E-state index contributed by atoms with van der Waals surface area (Å²) in [6.45, 7) is 2.12. The molecule has 2 aromatic rings. The van der Waals surface area contributed by atoms with Gasteiger partial charge in [-0.15, -0.1) is 0 Å². The van der Waals surface area contributed by atoms with Crippen LogP contribution in [0.4, 0.5) is 11.4 Å². The first kappa shape index (κ1) is 21.9. The number of carbonyl (C=O) groups excluding carboxylic acids is 3. The van der Waals surface area contributed by atoms with Crippen molar-refractivity contribution >= 4 is 29.2 Å². The molecule has 0 atom stereocenters. The largest absolute Gasteiger partial charge is 0.497 e. The van der Waals surface area contributed by atoms with Gasteiger partial charge >= 0.3 is 5.97 Å². The second-order valence-electron chi connectivity index (χ2n) is 6.30. The van der Waals surface area contributed by atoms with E-state index >= 15 is 0 Å². The number of likely N-dealkylation sites (N-methyl/N-ethyl adjacent to an activating group) is 1. The standard InChI is InChI=1S/C21H25N3O5/c1-4-29-21(27)15-8-10-16(11-9-15)22-19(25)13-24(2)14-20(26)23-17-6-5-7-18(12-17)28-3/h5-12H,4,13-14H2,1-3H3,(H,22,25)(H,23,26). The summed E-state index contributed by atoms with van der Waals surface area (Å²) < 4.78 is 10.0. The summed E-state index contributed by atoms with van der Waals surface area (Å²) >= 11 is 0. The molecule has 2 aromatic carbocycles. The molecule has 2 N–H and O–H groups in total. The molecule has 0 unspecified atom stereocenters. The van der Waals surface area contributed by atoms with Crippen LogP contribution >= 0.6 is 0 Å². The van der Waals surface area contributed by atoms with E-state index in [0.717, 1.165) is 0 Å². The number of nitrogens with zero attached hydrogens (tertiary/aromatic N) is 1. The van der Waals surface area contributed by atoms with Crippen molar-refractivity contribution in [2.75, 3.05) is 44.5 Å². The number of amides is 2. The zero-order valence-electron chi connectivity index (χ0n) is 16.7. The lowest BCUT2D eigenvalue weighted by Gasteiger charge is -2.16. The Balaban J connectivity index is 1.80. The van der Waals surface area contributed by atoms with Crippen LogP contribution in [0.2, 0.25) is 0 Å². The summed E-state index contributed by atoms with van der Waals surface area (Å²) in [5.41, 5.74) is 1.59. The number of benzene rings is 2. The topological polar surface area (TPSA) is 97.0 Å². The maximum Gasteiger partial charge on any atom is 0.338 e. The molecule has 0 aliphatic rings. The fourth-order valence-electron chi connectivity index (χ4n) is 2.55. The number of nitrogens with one attached hydrogen (secondary N) is 2. The molecule has 0 spiro atoms. The van der Waals surface area contributed by atoms with E-state index in [2.05, 4.69) is 10.6 Å². The monoisotopic (exact) mass is 399 g/mol. The Morgan fingerprint density at radius 3 is 2.14 bits per heavy atom. The fraction of sp³-hybridized carbons (Fsp3) is 0.286. The molecule has 0 heterocycles. The first-order valence-corrected chi connectivity index (χ1v) is 9.10. The number of methoxy groups -OCH3 is 1. The van der Waals surface area contributed by atoms with Gasteiger partial charge in [-0.05, 0) is 50.4 Å². The highest BCUT2D eigenvalue weighted by atomic mass is 16.5.